The van der Waals surface area contributed by atoms with Crippen molar-refractivity contribution in [3.05, 3.63) is 29.3 Å². The Morgan fingerprint density at radius 2 is 1.33 bits per heavy atom. The van der Waals surface area contributed by atoms with Crippen LogP contribution < -0.4 is 26.0 Å². The second-order valence-corrected chi connectivity index (χ2v) is 8.00. The lowest BCUT2D eigenvalue weighted by molar-refractivity contribution is 0.253. The third-order valence-corrected chi connectivity index (χ3v) is 5.53. The van der Waals surface area contributed by atoms with E-state index in [1.807, 2.05) is 0 Å². The van der Waals surface area contributed by atoms with Gasteiger partial charge in [-0.05, 0) is 62.8 Å². The largest absolute Gasteiger partial charge is 0.341 e. The summed E-state index contributed by atoms with van der Waals surface area (Å²) < 4.78 is 0. The highest BCUT2D eigenvalue weighted by Crippen LogP contribution is 2.22. The maximum atomic E-state index is 12.2. The van der Waals surface area contributed by atoms with Crippen LogP contribution in [0.2, 0.25) is 5.02 Å². The summed E-state index contributed by atoms with van der Waals surface area (Å²) in [4.78, 5) is 30.4. The second-order valence-electron chi connectivity index (χ2n) is 7.57. The van der Waals surface area contributed by atoms with Gasteiger partial charge in [-0.3, -0.25) is 5.43 Å². The van der Waals surface area contributed by atoms with Gasteiger partial charge in [0.25, 0.3) is 0 Å². The molecule has 1 aromatic heterocycles. The number of hydrogen-bond donors (Lipinski definition) is 3. The molecule has 2 saturated heterocycles. The molecule has 2 amide bonds. The molecule has 30 heavy (non-hydrogen) atoms. The fraction of sp³-hybridized carbons (Fsp3) is 0.500. The van der Waals surface area contributed by atoms with Crippen LogP contribution in [-0.4, -0.2) is 47.2 Å². The highest BCUT2D eigenvalue weighted by atomic mass is 35.5. The van der Waals surface area contributed by atoms with Gasteiger partial charge in [0.1, 0.15) is 0 Å². The summed E-state index contributed by atoms with van der Waals surface area (Å²) in [5, 5.41) is 3.34. The first kappa shape index (κ1) is 20.5. The minimum atomic E-state index is -0.420. The van der Waals surface area contributed by atoms with Gasteiger partial charge in [0.05, 0.1) is 0 Å². The number of aromatic nitrogens is 3. The molecule has 1 aromatic carbocycles. The summed E-state index contributed by atoms with van der Waals surface area (Å²) in [6.07, 6.45) is 7.01. The van der Waals surface area contributed by atoms with Gasteiger partial charge in [-0.2, -0.15) is 15.0 Å². The Balaban J connectivity index is 1.46. The molecule has 10 heteroatoms. The quantitative estimate of drug-likeness (QED) is 0.622. The molecule has 3 N–H and O–H groups in total. The summed E-state index contributed by atoms with van der Waals surface area (Å²) in [6.45, 7) is 3.75. The lowest BCUT2D eigenvalue weighted by Crippen LogP contribution is -2.37. The Morgan fingerprint density at radius 3 is 1.87 bits per heavy atom. The molecule has 2 aliphatic heterocycles. The average molecular weight is 431 g/mol. The normalized spacial score (nSPS) is 16.8. The van der Waals surface area contributed by atoms with Crippen molar-refractivity contribution in [2.45, 2.75) is 38.5 Å². The Morgan fingerprint density at radius 1 is 0.800 bits per heavy atom. The zero-order valence-electron chi connectivity index (χ0n) is 16.9. The van der Waals surface area contributed by atoms with Crippen molar-refractivity contribution in [3.8, 4) is 0 Å². The first-order valence-corrected chi connectivity index (χ1v) is 10.9. The minimum absolute atomic E-state index is 0.331. The van der Waals surface area contributed by atoms with Crippen LogP contribution in [-0.2, 0) is 0 Å². The summed E-state index contributed by atoms with van der Waals surface area (Å²) >= 11 is 5.88. The number of nitrogens with one attached hydrogen (secondary N) is 3. The number of amides is 2. The molecule has 0 unspecified atom stereocenters. The molecule has 2 aliphatic rings. The van der Waals surface area contributed by atoms with E-state index >= 15 is 0 Å². The van der Waals surface area contributed by atoms with E-state index in [9.17, 15) is 4.79 Å². The number of nitrogens with zero attached hydrogens (tertiary/aromatic N) is 5. The number of urea groups is 1. The monoisotopic (exact) mass is 430 g/mol. The van der Waals surface area contributed by atoms with Crippen molar-refractivity contribution in [2.75, 3.05) is 46.7 Å². The van der Waals surface area contributed by atoms with Crippen molar-refractivity contribution >= 4 is 41.2 Å². The standard InChI is InChI=1S/C20H27ClN8O/c21-15-7-9-16(10-8-15)22-20(30)27-26-17-23-18(28-11-3-1-4-12-28)25-19(24-17)29-13-5-2-6-14-29/h7-10H,1-6,11-14H2,(H2,22,27,30)(H,23,24,25,26). The summed E-state index contributed by atoms with van der Waals surface area (Å²) in [7, 11) is 0. The van der Waals surface area contributed by atoms with Crippen molar-refractivity contribution < 1.29 is 4.79 Å². The topological polar surface area (TPSA) is 98.3 Å². The Labute approximate surface area is 181 Å². The lowest BCUT2D eigenvalue weighted by atomic mass is 10.1. The van der Waals surface area contributed by atoms with Crippen LogP contribution in [0.4, 0.5) is 28.3 Å². The van der Waals surface area contributed by atoms with E-state index in [1.54, 1.807) is 24.3 Å². The number of benzene rings is 1. The number of carbonyl (C=O) groups is 1. The molecule has 3 heterocycles. The molecule has 0 radical (unpaired) electrons. The van der Waals surface area contributed by atoms with E-state index in [-0.39, 0.29) is 0 Å². The fourth-order valence-electron chi connectivity index (χ4n) is 3.69. The Kier molecular flexibility index (Phi) is 6.68. The summed E-state index contributed by atoms with van der Waals surface area (Å²) in [5.41, 5.74) is 6.07. The number of hydrogen-bond acceptors (Lipinski definition) is 7. The zero-order valence-corrected chi connectivity index (χ0v) is 17.7. The van der Waals surface area contributed by atoms with Crippen LogP contribution >= 0.6 is 11.6 Å². The van der Waals surface area contributed by atoms with E-state index in [0.29, 0.717) is 28.6 Å². The van der Waals surface area contributed by atoms with E-state index in [0.717, 1.165) is 51.9 Å². The SMILES string of the molecule is O=C(NNc1nc(N2CCCCC2)nc(N2CCCCC2)n1)Nc1ccc(Cl)cc1. The van der Waals surface area contributed by atoms with Crippen LogP contribution in [0, 0.1) is 0 Å². The third kappa shape index (κ3) is 5.41. The van der Waals surface area contributed by atoms with Crippen molar-refractivity contribution in [3.63, 3.8) is 0 Å². The predicted molar refractivity (Wildman–Crippen MR) is 119 cm³/mol. The smallest absolute Gasteiger partial charge is 0.337 e. The van der Waals surface area contributed by atoms with Gasteiger partial charge in [0.15, 0.2) is 0 Å². The van der Waals surface area contributed by atoms with E-state index in [2.05, 4.69) is 35.9 Å². The average Bonchev–Trinajstić information content (AvgIpc) is 2.80. The van der Waals surface area contributed by atoms with Gasteiger partial charge in [0, 0.05) is 36.9 Å². The maximum absolute atomic E-state index is 12.2. The molecule has 2 fully saturated rings. The fourth-order valence-corrected chi connectivity index (χ4v) is 3.81. The van der Waals surface area contributed by atoms with E-state index in [4.69, 9.17) is 16.6 Å². The number of rotatable bonds is 5. The van der Waals surface area contributed by atoms with Crippen LogP contribution in [0.5, 0.6) is 0 Å². The van der Waals surface area contributed by atoms with Gasteiger partial charge < -0.3 is 15.1 Å². The highest BCUT2D eigenvalue weighted by molar-refractivity contribution is 6.30. The van der Waals surface area contributed by atoms with Crippen molar-refractivity contribution in [2.24, 2.45) is 0 Å². The summed E-state index contributed by atoms with van der Waals surface area (Å²) in [5.74, 6) is 1.65. The first-order valence-electron chi connectivity index (χ1n) is 10.5. The molecule has 2 aromatic rings. The molecule has 0 spiro atoms. The van der Waals surface area contributed by atoms with Crippen molar-refractivity contribution in [1.82, 2.24) is 20.4 Å². The number of hydrazine groups is 1. The molecule has 0 atom stereocenters. The van der Waals surface area contributed by atoms with Crippen LogP contribution in [0.1, 0.15) is 38.5 Å². The molecular weight excluding hydrogens is 404 g/mol. The van der Waals surface area contributed by atoms with Crippen LogP contribution in [0.3, 0.4) is 0 Å². The van der Waals surface area contributed by atoms with Gasteiger partial charge >= 0.3 is 6.03 Å². The first-order chi connectivity index (χ1) is 14.7. The molecule has 0 saturated carbocycles. The van der Waals surface area contributed by atoms with Crippen molar-refractivity contribution in [1.29, 1.82) is 0 Å². The number of carbonyl (C=O) groups excluding carboxylic acids is 1. The molecule has 160 valence electrons. The van der Waals surface area contributed by atoms with E-state index in [1.165, 1.54) is 12.8 Å². The highest BCUT2D eigenvalue weighted by Gasteiger charge is 2.20. The van der Waals surface area contributed by atoms with Gasteiger partial charge in [-0.25, -0.2) is 10.2 Å². The van der Waals surface area contributed by atoms with Gasteiger partial charge in [-0.1, -0.05) is 11.6 Å². The number of anilines is 4. The molecule has 0 bridgehead atoms. The molecule has 9 nitrogen and oxygen atoms in total. The number of halogens is 1. The summed E-state index contributed by atoms with van der Waals surface area (Å²) in [6, 6.07) is 6.47. The third-order valence-electron chi connectivity index (χ3n) is 5.28. The van der Waals surface area contributed by atoms with Crippen LogP contribution in [0.15, 0.2) is 24.3 Å². The minimum Gasteiger partial charge on any atom is -0.341 e. The predicted octanol–water partition coefficient (Wildman–Crippen LogP) is 3.65. The second kappa shape index (κ2) is 9.80. The number of piperidine rings is 2. The van der Waals surface area contributed by atoms with Crippen LogP contribution in [0.25, 0.3) is 0 Å². The lowest BCUT2D eigenvalue weighted by Gasteiger charge is -2.30. The molecule has 4 rings (SSSR count). The van der Waals surface area contributed by atoms with E-state index < -0.39 is 6.03 Å². The maximum Gasteiger partial charge on any atom is 0.337 e. The molecular formula is C20H27ClN8O. The van der Waals surface area contributed by atoms with Gasteiger partial charge in [-0.15, -0.1) is 0 Å². The zero-order chi connectivity index (χ0) is 20.8. The van der Waals surface area contributed by atoms with Gasteiger partial charge in [0.2, 0.25) is 17.8 Å². The molecule has 0 aliphatic carbocycles. The Bertz CT molecular complexity index is 814. The Hall–Kier alpha value is -2.81.